The second kappa shape index (κ2) is 10.6. The summed E-state index contributed by atoms with van der Waals surface area (Å²) in [5.41, 5.74) is 9.64. The van der Waals surface area contributed by atoms with Gasteiger partial charge >= 0.3 is 0 Å². The van der Waals surface area contributed by atoms with Crippen LogP contribution in [-0.2, 0) is 0 Å². The number of para-hydroxylation sites is 1. The molecule has 3 fully saturated rings. The van der Waals surface area contributed by atoms with Crippen molar-refractivity contribution in [2.75, 3.05) is 5.32 Å². The zero-order valence-corrected chi connectivity index (χ0v) is 25.7. The van der Waals surface area contributed by atoms with Crippen molar-refractivity contribution in [3.8, 4) is 0 Å². The van der Waals surface area contributed by atoms with Gasteiger partial charge in [-0.2, -0.15) is 0 Å². The molecule has 6 aliphatic rings. The van der Waals surface area contributed by atoms with Gasteiger partial charge in [-0.15, -0.1) is 0 Å². The van der Waals surface area contributed by atoms with E-state index < -0.39 is 0 Å². The molecule has 6 aliphatic carbocycles. The third-order valence-electron chi connectivity index (χ3n) is 12.2. The fourth-order valence-electron chi connectivity index (χ4n) is 10.4. The highest BCUT2D eigenvalue weighted by Gasteiger charge is 2.70. The Morgan fingerprint density at radius 2 is 1.55 bits per heavy atom. The van der Waals surface area contributed by atoms with E-state index in [0.717, 1.165) is 60.2 Å². The molecule has 0 aromatic heterocycles. The Morgan fingerprint density at radius 1 is 0.762 bits per heavy atom. The van der Waals surface area contributed by atoms with E-state index in [9.17, 15) is 0 Å². The van der Waals surface area contributed by atoms with E-state index in [1.54, 1.807) is 11.1 Å². The number of rotatable bonds is 7. The molecule has 2 aromatic carbocycles. The predicted molar refractivity (Wildman–Crippen MR) is 176 cm³/mol. The van der Waals surface area contributed by atoms with Crippen LogP contribution in [0.4, 0.5) is 5.69 Å². The average molecular weight is 557 g/mol. The Bertz CT molecular complexity index is 1440. The molecule has 8 atom stereocenters. The maximum Gasteiger partial charge on any atom is 0.0481 e. The molecule has 218 valence electrons. The largest absolute Gasteiger partial charge is 0.382 e. The lowest BCUT2D eigenvalue weighted by molar-refractivity contribution is -0.166. The van der Waals surface area contributed by atoms with Gasteiger partial charge in [0.2, 0.25) is 0 Å². The van der Waals surface area contributed by atoms with Crippen molar-refractivity contribution < 1.29 is 0 Å². The topological polar surface area (TPSA) is 24.1 Å². The third kappa shape index (κ3) is 4.27. The average Bonchev–Trinajstić information content (AvgIpc) is 3.01. The normalized spacial score (nSPS) is 37.4. The second-order valence-electron chi connectivity index (χ2n) is 14.7. The lowest BCUT2D eigenvalue weighted by Gasteiger charge is -2.74. The predicted octanol–water partition coefficient (Wildman–Crippen LogP) is 9.58. The zero-order valence-electron chi connectivity index (χ0n) is 25.7. The minimum atomic E-state index is 0.417. The van der Waals surface area contributed by atoms with Crippen LogP contribution in [0.5, 0.6) is 0 Å². The van der Waals surface area contributed by atoms with Crippen LogP contribution >= 0.6 is 0 Å². The molecule has 0 radical (unpaired) electrons. The van der Waals surface area contributed by atoms with Crippen LogP contribution in [0.3, 0.4) is 0 Å². The van der Waals surface area contributed by atoms with Gasteiger partial charge in [0.1, 0.15) is 0 Å². The lowest BCUT2D eigenvalue weighted by Crippen LogP contribution is -2.66. The molecule has 8 rings (SSSR count). The molecular formula is C40H48N2. The van der Waals surface area contributed by atoms with E-state index in [1.165, 1.54) is 37.1 Å². The van der Waals surface area contributed by atoms with Gasteiger partial charge in [-0.3, -0.25) is 0 Å². The number of hydrogen-bond acceptors (Lipinski definition) is 2. The van der Waals surface area contributed by atoms with Crippen molar-refractivity contribution >= 4 is 5.69 Å². The van der Waals surface area contributed by atoms with E-state index in [2.05, 4.69) is 116 Å². The number of fused-ring (bicyclic) bond motifs is 3. The maximum atomic E-state index is 3.83. The quantitative estimate of drug-likeness (QED) is 0.355. The van der Waals surface area contributed by atoms with E-state index in [-0.39, 0.29) is 0 Å². The van der Waals surface area contributed by atoms with Gasteiger partial charge in [0.25, 0.3) is 0 Å². The van der Waals surface area contributed by atoms with Crippen LogP contribution in [0.2, 0.25) is 0 Å². The summed E-state index contributed by atoms with van der Waals surface area (Å²) in [6.07, 6.45) is 23.6. The monoisotopic (exact) mass is 556 g/mol. The minimum absolute atomic E-state index is 0.417. The van der Waals surface area contributed by atoms with Crippen molar-refractivity contribution in [1.29, 1.82) is 0 Å². The van der Waals surface area contributed by atoms with Crippen molar-refractivity contribution in [2.24, 2.45) is 29.6 Å². The molecule has 42 heavy (non-hydrogen) atoms. The van der Waals surface area contributed by atoms with Crippen LogP contribution in [0.15, 0.2) is 90.7 Å². The Balaban J connectivity index is 1.07. The zero-order chi connectivity index (χ0) is 28.4. The smallest absolute Gasteiger partial charge is 0.0481 e. The minimum Gasteiger partial charge on any atom is -0.382 e. The van der Waals surface area contributed by atoms with Crippen molar-refractivity contribution in [3.63, 3.8) is 0 Å². The Hall–Kier alpha value is -3.00. The second-order valence-corrected chi connectivity index (χ2v) is 14.7. The Morgan fingerprint density at radius 3 is 2.26 bits per heavy atom. The van der Waals surface area contributed by atoms with Gasteiger partial charge in [-0.1, -0.05) is 87.6 Å². The van der Waals surface area contributed by atoms with Crippen molar-refractivity contribution in [1.82, 2.24) is 5.32 Å². The first kappa shape index (κ1) is 26.6. The summed E-state index contributed by atoms with van der Waals surface area (Å²) >= 11 is 0. The van der Waals surface area contributed by atoms with E-state index in [4.69, 9.17) is 0 Å². The molecule has 0 amide bonds. The molecule has 4 bridgehead atoms. The van der Waals surface area contributed by atoms with E-state index in [0.29, 0.717) is 18.0 Å². The van der Waals surface area contributed by atoms with Crippen LogP contribution in [0.1, 0.15) is 105 Å². The molecule has 0 aliphatic heterocycles. The van der Waals surface area contributed by atoms with Gasteiger partial charge in [0.15, 0.2) is 0 Å². The summed E-state index contributed by atoms with van der Waals surface area (Å²) in [7, 11) is 0. The Kier molecular flexibility index (Phi) is 6.73. The SMILES string of the molecule is CC(C)C1C2c3c(C4CCC(Nc5ccccc5)CC4)ccc(C4C=CC(NC5C=CC=CC5)=CC4)c3[C@H]3C(C)[C@H]2C13. The molecule has 2 aromatic rings. The molecule has 3 saturated carbocycles. The molecule has 6 unspecified atom stereocenters. The summed E-state index contributed by atoms with van der Waals surface area (Å²) < 4.78 is 0. The molecule has 2 nitrogen and oxygen atoms in total. The lowest BCUT2D eigenvalue weighted by atomic mass is 9.30. The highest BCUT2D eigenvalue weighted by molar-refractivity contribution is 5.58. The highest BCUT2D eigenvalue weighted by Crippen LogP contribution is 2.78. The van der Waals surface area contributed by atoms with Gasteiger partial charge < -0.3 is 10.6 Å². The highest BCUT2D eigenvalue weighted by atomic mass is 14.9. The number of nitrogens with one attached hydrogen (secondary N) is 2. The first-order valence-electron chi connectivity index (χ1n) is 17.0. The maximum absolute atomic E-state index is 3.83. The molecular weight excluding hydrogens is 508 g/mol. The molecule has 2 heteroatoms. The number of benzene rings is 2. The molecule has 0 spiro atoms. The fourth-order valence-corrected chi connectivity index (χ4v) is 10.4. The summed E-state index contributed by atoms with van der Waals surface area (Å²) in [4.78, 5) is 0. The van der Waals surface area contributed by atoms with E-state index in [1.807, 2.05) is 11.1 Å². The van der Waals surface area contributed by atoms with Gasteiger partial charge in [0, 0.05) is 29.4 Å². The van der Waals surface area contributed by atoms with Crippen molar-refractivity contribution in [3.05, 3.63) is 113 Å². The first-order chi connectivity index (χ1) is 20.6. The molecule has 0 saturated heterocycles. The number of allylic oxidation sites excluding steroid dienone is 5. The summed E-state index contributed by atoms with van der Waals surface area (Å²) in [5, 5.41) is 7.58. The standard InChI is InChI=1S/C40H48N2/c1-24(2)34-39-35-25(3)36(39)40(34)38-33(27-16-20-31(21-17-27)42-29-12-8-5-9-13-29)23-22-32(37(35)38)26-14-18-30(19-15-26)41-28-10-6-4-7-11-28/h4-10,12-14,18-19,22-28,31,34-36,39-42H,11,15-17,20-21H2,1-3H3/t25?,26?,27?,28?,31?,34?,35-,36+,39?,40?/m1/s1. The van der Waals surface area contributed by atoms with Crippen LogP contribution in [-0.4, -0.2) is 12.1 Å². The van der Waals surface area contributed by atoms with Crippen molar-refractivity contribution in [2.45, 2.75) is 95.1 Å². The van der Waals surface area contributed by atoms with E-state index >= 15 is 0 Å². The van der Waals surface area contributed by atoms with Crippen LogP contribution in [0, 0.1) is 29.6 Å². The van der Waals surface area contributed by atoms with Crippen LogP contribution in [0.25, 0.3) is 0 Å². The summed E-state index contributed by atoms with van der Waals surface area (Å²) in [6.45, 7) is 7.59. The first-order valence-corrected chi connectivity index (χ1v) is 17.0. The molecule has 2 N–H and O–H groups in total. The third-order valence-corrected chi connectivity index (χ3v) is 12.2. The van der Waals surface area contributed by atoms with Gasteiger partial charge in [-0.05, 0) is 126 Å². The fraction of sp³-hybridized carbons (Fsp3) is 0.500. The Labute approximate surface area is 253 Å². The number of anilines is 1. The summed E-state index contributed by atoms with van der Waals surface area (Å²) in [5.74, 6) is 7.22. The number of hydrogen-bond donors (Lipinski definition) is 2. The van der Waals surface area contributed by atoms with Gasteiger partial charge in [0.05, 0.1) is 0 Å². The van der Waals surface area contributed by atoms with Gasteiger partial charge in [-0.25, -0.2) is 0 Å². The summed E-state index contributed by atoms with van der Waals surface area (Å²) in [6, 6.07) is 17.1. The molecule has 0 heterocycles. The van der Waals surface area contributed by atoms with Crippen LogP contribution < -0.4 is 10.6 Å².